The lowest BCUT2D eigenvalue weighted by atomic mass is 10.00. The molecule has 1 aliphatic heterocycles. The molecule has 0 aliphatic carbocycles. The maximum absolute atomic E-state index is 12.0. The molecule has 0 bridgehead atoms. The Bertz CT molecular complexity index is 430. The summed E-state index contributed by atoms with van der Waals surface area (Å²) in [4.78, 5) is 14.2. The molecule has 2 N–H and O–H groups in total. The van der Waals surface area contributed by atoms with Gasteiger partial charge >= 0.3 is 0 Å². The third-order valence-electron chi connectivity index (χ3n) is 3.90. The molecular formula is C16H25N3O. The van der Waals surface area contributed by atoms with E-state index in [-0.39, 0.29) is 11.9 Å². The van der Waals surface area contributed by atoms with E-state index in [1.807, 2.05) is 0 Å². The van der Waals surface area contributed by atoms with Crippen molar-refractivity contribution >= 4 is 11.6 Å². The van der Waals surface area contributed by atoms with Crippen LogP contribution in [0, 0.1) is 0 Å². The van der Waals surface area contributed by atoms with E-state index in [2.05, 4.69) is 46.7 Å². The minimum Gasteiger partial charge on any atom is -0.360 e. The predicted octanol–water partition coefficient (Wildman–Crippen LogP) is 1.90. The molecule has 110 valence electrons. The van der Waals surface area contributed by atoms with Crippen molar-refractivity contribution in [3.63, 3.8) is 0 Å². The largest absolute Gasteiger partial charge is 0.360 e. The van der Waals surface area contributed by atoms with E-state index in [1.54, 1.807) is 7.05 Å². The highest BCUT2D eigenvalue weighted by Crippen LogP contribution is 2.25. The number of likely N-dealkylation sites (N-methyl/N-ethyl adjacent to an activating group) is 1. The van der Waals surface area contributed by atoms with Gasteiger partial charge in [0.2, 0.25) is 5.91 Å². The summed E-state index contributed by atoms with van der Waals surface area (Å²) in [6.07, 6.45) is 3.23. The number of carbonyl (C=O) groups excluding carboxylic acids is 1. The summed E-state index contributed by atoms with van der Waals surface area (Å²) in [5.74, 6) is 0.126. The van der Waals surface area contributed by atoms with E-state index in [0.717, 1.165) is 44.6 Å². The van der Waals surface area contributed by atoms with Crippen molar-refractivity contribution < 1.29 is 4.79 Å². The van der Waals surface area contributed by atoms with Crippen molar-refractivity contribution in [3.8, 4) is 0 Å². The molecule has 1 heterocycles. The number of carbonyl (C=O) groups is 1. The van der Waals surface area contributed by atoms with Crippen LogP contribution in [0.15, 0.2) is 24.3 Å². The van der Waals surface area contributed by atoms with Crippen molar-refractivity contribution in [3.05, 3.63) is 29.8 Å². The van der Waals surface area contributed by atoms with E-state index in [1.165, 1.54) is 5.56 Å². The van der Waals surface area contributed by atoms with Gasteiger partial charge in [-0.1, -0.05) is 19.1 Å². The Balaban J connectivity index is 2.09. The fourth-order valence-corrected chi connectivity index (χ4v) is 2.75. The smallest absolute Gasteiger partial charge is 0.242 e. The molecule has 4 heteroatoms. The third-order valence-corrected chi connectivity index (χ3v) is 3.90. The lowest BCUT2D eigenvalue weighted by Crippen LogP contribution is -2.48. The zero-order valence-electron chi connectivity index (χ0n) is 12.5. The number of rotatable bonds is 5. The molecule has 1 atom stereocenters. The van der Waals surface area contributed by atoms with Crippen LogP contribution < -0.4 is 15.5 Å². The van der Waals surface area contributed by atoms with Crippen LogP contribution in [-0.4, -0.2) is 32.1 Å². The SMILES string of the molecule is CCNCc1ccc(N2CCCCC2C(=O)NC)cc1. The number of hydrogen-bond acceptors (Lipinski definition) is 3. The molecule has 1 saturated heterocycles. The Morgan fingerprint density at radius 3 is 2.70 bits per heavy atom. The first kappa shape index (κ1) is 14.9. The van der Waals surface area contributed by atoms with Crippen LogP contribution in [0.5, 0.6) is 0 Å². The summed E-state index contributed by atoms with van der Waals surface area (Å²) < 4.78 is 0. The van der Waals surface area contributed by atoms with Gasteiger partial charge in [-0.3, -0.25) is 4.79 Å². The van der Waals surface area contributed by atoms with Crippen molar-refractivity contribution in [2.24, 2.45) is 0 Å². The number of benzene rings is 1. The van der Waals surface area contributed by atoms with Crippen LogP contribution >= 0.6 is 0 Å². The molecule has 20 heavy (non-hydrogen) atoms. The van der Waals surface area contributed by atoms with Crippen LogP contribution in [0.4, 0.5) is 5.69 Å². The van der Waals surface area contributed by atoms with Crippen LogP contribution in [-0.2, 0) is 11.3 Å². The van der Waals surface area contributed by atoms with Gasteiger partial charge in [0, 0.05) is 25.8 Å². The second-order valence-electron chi connectivity index (χ2n) is 5.27. The average molecular weight is 275 g/mol. The van der Waals surface area contributed by atoms with Gasteiger partial charge in [0.1, 0.15) is 6.04 Å². The van der Waals surface area contributed by atoms with E-state index >= 15 is 0 Å². The van der Waals surface area contributed by atoms with Gasteiger partial charge < -0.3 is 15.5 Å². The Labute approximate surface area is 121 Å². The summed E-state index contributed by atoms with van der Waals surface area (Å²) in [6, 6.07) is 8.54. The number of hydrogen-bond donors (Lipinski definition) is 2. The molecule has 0 aromatic heterocycles. The monoisotopic (exact) mass is 275 g/mol. The molecule has 1 aromatic carbocycles. The molecule has 4 nitrogen and oxygen atoms in total. The standard InChI is InChI=1S/C16H25N3O/c1-3-18-12-13-7-9-14(10-8-13)19-11-5-4-6-15(19)16(20)17-2/h7-10,15,18H,3-6,11-12H2,1-2H3,(H,17,20). The Hall–Kier alpha value is -1.55. The highest BCUT2D eigenvalue weighted by Gasteiger charge is 2.27. The van der Waals surface area contributed by atoms with E-state index in [0.29, 0.717) is 0 Å². The molecule has 1 fully saturated rings. The first-order valence-corrected chi connectivity index (χ1v) is 7.54. The number of nitrogens with zero attached hydrogens (tertiary/aromatic N) is 1. The fraction of sp³-hybridized carbons (Fsp3) is 0.562. The minimum atomic E-state index is -0.0200. The van der Waals surface area contributed by atoms with Gasteiger partial charge in [0.25, 0.3) is 0 Å². The van der Waals surface area contributed by atoms with Gasteiger partial charge in [-0.05, 0) is 43.5 Å². The summed E-state index contributed by atoms with van der Waals surface area (Å²) >= 11 is 0. The number of anilines is 1. The molecule has 2 rings (SSSR count). The molecular weight excluding hydrogens is 250 g/mol. The molecule has 1 aromatic rings. The summed E-state index contributed by atoms with van der Waals surface area (Å²) in [5.41, 5.74) is 2.43. The van der Waals surface area contributed by atoms with Gasteiger partial charge in [-0.2, -0.15) is 0 Å². The zero-order valence-corrected chi connectivity index (χ0v) is 12.5. The number of amides is 1. The van der Waals surface area contributed by atoms with Crippen molar-refractivity contribution in [2.45, 2.75) is 38.8 Å². The summed E-state index contributed by atoms with van der Waals surface area (Å²) in [6.45, 7) is 4.95. The van der Waals surface area contributed by atoms with Gasteiger partial charge in [0.15, 0.2) is 0 Å². The maximum Gasteiger partial charge on any atom is 0.242 e. The van der Waals surface area contributed by atoms with Crippen LogP contribution in [0.1, 0.15) is 31.7 Å². The highest BCUT2D eigenvalue weighted by atomic mass is 16.2. The molecule has 0 radical (unpaired) electrons. The molecule has 0 saturated carbocycles. The lowest BCUT2D eigenvalue weighted by Gasteiger charge is -2.36. The van der Waals surface area contributed by atoms with E-state index < -0.39 is 0 Å². The highest BCUT2D eigenvalue weighted by molar-refractivity contribution is 5.85. The van der Waals surface area contributed by atoms with Gasteiger partial charge in [-0.15, -0.1) is 0 Å². The van der Waals surface area contributed by atoms with Crippen molar-refractivity contribution in [2.75, 3.05) is 25.0 Å². The van der Waals surface area contributed by atoms with Gasteiger partial charge in [-0.25, -0.2) is 0 Å². The average Bonchev–Trinajstić information content (AvgIpc) is 2.52. The number of nitrogens with one attached hydrogen (secondary N) is 2. The van der Waals surface area contributed by atoms with E-state index in [4.69, 9.17) is 0 Å². The van der Waals surface area contributed by atoms with Crippen molar-refractivity contribution in [1.29, 1.82) is 0 Å². The fourth-order valence-electron chi connectivity index (χ4n) is 2.75. The Morgan fingerprint density at radius 2 is 2.05 bits per heavy atom. The summed E-state index contributed by atoms with van der Waals surface area (Å²) in [7, 11) is 1.72. The minimum absolute atomic E-state index is 0.0200. The van der Waals surface area contributed by atoms with Crippen LogP contribution in [0.2, 0.25) is 0 Å². The normalized spacial score (nSPS) is 18.9. The topological polar surface area (TPSA) is 44.4 Å². The molecule has 1 unspecified atom stereocenters. The number of piperidine rings is 1. The molecule has 1 aliphatic rings. The lowest BCUT2D eigenvalue weighted by molar-refractivity contribution is -0.122. The van der Waals surface area contributed by atoms with Crippen molar-refractivity contribution in [1.82, 2.24) is 10.6 Å². The predicted molar refractivity (Wildman–Crippen MR) is 82.9 cm³/mol. The second kappa shape index (κ2) is 7.29. The second-order valence-corrected chi connectivity index (χ2v) is 5.27. The quantitative estimate of drug-likeness (QED) is 0.862. The molecule has 0 spiro atoms. The third kappa shape index (κ3) is 3.51. The first-order valence-electron chi connectivity index (χ1n) is 7.54. The molecule has 1 amide bonds. The van der Waals surface area contributed by atoms with Crippen LogP contribution in [0.25, 0.3) is 0 Å². The van der Waals surface area contributed by atoms with E-state index in [9.17, 15) is 4.79 Å². The Morgan fingerprint density at radius 1 is 1.30 bits per heavy atom. The Kier molecular flexibility index (Phi) is 5.41. The van der Waals surface area contributed by atoms with Gasteiger partial charge in [0.05, 0.1) is 0 Å². The maximum atomic E-state index is 12.0. The zero-order chi connectivity index (χ0) is 14.4. The summed E-state index contributed by atoms with van der Waals surface area (Å²) in [5, 5.41) is 6.11. The first-order chi connectivity index (χ1) is 9.76. The van der Waals surface area contributed by atoms with Crippen LogP contribution in [0.3, 0.4) is 0 Å².